The van der Waals surface area contributed by atoms with Gasteiger partial charge >= 0.3 is 11.9 Å². The van der Waals surface area contributed by atoms with E-state index in [0.29, 0.717) is 30.1 Å². The highest BCUT2D eigenvalue weighted by Crippen LogP contribution is 2.40. The van der Waals surface area contributed by atoms with Crippen LogP contribution >= 0.6 is 23.1 Å². The van der Waals surface area contributed by atoms with Gasteiger partial charge in [-0.15, -0.1) is 23.1 Å². The number of aliphatic carboxylic acids is 2. The van der Waals surface area contributed by atoms with E-state index in [1.165, 1.54) is 35.9 Å². The Labute approximate surface area is 296 Å². The number of nitrogens with zero attached hydrogens (tertiary/aromatic N) is 7. The lowest BCUT2D eigenvalue weighted by molar-refractivity contribution is -0.687. The van der Waals surface area contributed by atoms with Crippen LogP contribution in [-0.2, 0) is 37.1 Å². The summed E-state index contributed by atoms with van der Waals surface area (Å²) >= 11 is 2.34. The number of carboxylic acid groups (broad SMARTS) is 2. The number of aliphatic imine (C=N–C) groups is 1. The molecule has 1 fully saturated rings. The van der Waals surface area contributed by atoms with Crippen molar-refractivity contribution in [2.75, 3.05) is 24.6 Å². The molecule has 2 amide bonds. The van der Waals surface area contributed by atoms with Crippen LogP contribution in [0.1, 0.15) is 31.0 Å². The van der Waals surface area contributed by atoms with Crippen molar-refractivity contribution in [2.24, 2.45) is 10.1 Å². The van der Waals surface area contributed by atoms with Crippen molar-refractivity contribution in [3.63, 3.8) is 0 Å². The lowest BCUT2D eigenvalue weighted by Crippen LogP contribution is -2.71. The number of β-lactam (4-membered cyclic amide) rings is 1. The van der Waals surface area contributed by atoms with Gasteiger partial charge in [0.05, 0.1) is 24.0 Å². The molecule has 7 heterocycles. The second-order valence-corrected chi connectivity index (χ2v) is 14.3. The van der Waals surface area contributed by atoms with Gasteiger partial charge in [0.25, 0.3) is 11.8 Å². The van der Waals surface area contributed by atoms with Crippen LogP contribution < -0.4 is 20.9 Å². The van der Waals surface area contributed by atoms with Gasteiger partial charge in [-0.05, 0) is 19.9 Å². The Morgan fingerprint density at radius 1 is 1.29 bits per heavy atom. The summed E-state index contributed by atoms with van der Waals surface area (Å²) in [7, 11) is 0. The minimum atomic E-state index is -1.77. The number of oxime groups is 1. The first kappa shape index (κ1) is 33.7. The minimum Gasteiger partial charge on any atom is -0.478 e. The average molecular weight is 736 g/mol. The second-order valence-electron chi connectivity index (χ2n) is 12.3. The van der Waals surface area contributed by atoms with Crippen LogP contribution in [0.3, 0.4) is 0 Å². The first-order valence-corrected chi connectivity index (χ1v) is 17.5. The largest absolute Gasteiger partial charge is 0.478 e. The summed E-state index contributed by atoms with van der Waals surface area (Å²) in [5.74, 6) is -2.41. The summed E-state index contributed by atoms with van der Waals surface area (Å²) in [6.45, 7) is 4.63. The van der Waals surface area contributed by atoms with Crippen LogP contribution in [-0.4, -0.2) is 101 Å². The Bertz CT molecular complexity index is 2180. The van der Waals surface area contributed by atoms with Crippen molar-refractivity contribution in [1.29, 1.82) is 0 Å². The number of aromatic nitrogens is 4. The third kappa shape index (κ3) is 6.50. The van der Waals surface area contributed by atoms with E-state index in [9.17, 15) is 29.4 Å². The summed E-state index contributed by atoms with van der Waals surface area (Å²) in [6.07, 6.45) is 5.67. The minimum absolute atomic E-state index is 0.0215. The predicted octanol–water partition coefficient (Wildman–Crippen LogP) is 0.376. The van der Waals surface area contributed by atoms with Crippen molar-refractivity contribution in [3.8, 4) is 0 Å². The molecule has 0 aromatic carbocycles. The number of hydrogen-bond acceptors (Lipinski definition) is 14. The van der Waals surface area contributed by atoms with Gasteiger partial charge in [0.15, 0.2) is 41.4 Å². The number of amidine groups is 1. The third-order valence-corrected chi connectivity index (χ3v) is 10.4. The normalized spacial score (nSPS) is 19.0. The number of nitrogens with one attached hydrogen (secondary N) is 2. The van der Waals surface area contributed by atoms with Crippen LogP contribution in [0.15, 0.2) is 68.1 Å². The highest BCUT2D eigenvalue weighted by molar-refractivity contribution is 8.00. The fourth-order valence-electron chi connectivity index (χ4n) is 5.70. The number of thiazole rings is 1. The molecule has 0 saturated carbocycles. The topological polar surface area (TPSA) is 244 Å². The molecule has 0 aliphatic carbocycles. The molecule has 1 saturated heterocycles. The lowest BCUT2D eigenvalue weighted by Gasteiger charge is -2.49. The second kappa shape index (κ2) is 13.2. The zero-order valence-electron chi connectivity index (χ0n) is 27.1. The number of fused-ring (bicyclic) bond motifs is 2. The highest BCUT2D eigenvalue weighted by atomic mass is 32.2. The van der Waals surface area contributed by atoms with Gasteiger partial charge in [-0.25, -0.2) is 19.1 Å². The molecule has 0 spiro atoms. The van der Waals surface area contributed by atoms with E-state index < -0.39 is 40.8 Å². The summed E-state index contributed by atoms with van der Waals surface area (Å²) in [5.41, 5.74) is 5.56. The number of amides is 2. The van der Waals surface area contributed by atoms with Crippen molar-refractivity contribution < 1.29 is 43.3 Å². The number of rotatable bonds is 12. The zero-order chi connectivity index (χ0) is 36.0. The molecule has 18 nitrogen and oxygen atoms in total. The summed E-state index contributed by atoms with van der Waals surface area (Å²) in [5, 5.41) is 35.0. The Hall–Kier alpha value is -5.76. The smallest absolute Gasteiger partial charge is 0.352 e. The van der Waals surface area contributed by atoms with Crippen LogP contribution in [0, 0.1) is 0 Å². The van der Waals surface area contributed by atoms with E-state index in [1.54, 1.807) is 0 Å². The molecule has 4 aromatic heterocycles. The Morgan fingerprint density at radius 3 is 2.82 bits per heavy atom. The van der Waals surface area contributed by atoms with Gasteiger partial charge in [-0.2, -0.15) is 0 Å². The molecule has 264 valence electrons. The maximum Gasteiger partial charge on any atom is 0.352 e. The molecule has 20 heteroatoms. The number of carbonyl (C=O) groups is 4. The zero-order valence-corrected chi connectivity index (χ0v) is 28.7. The highest BCUT2D eigenvalue weighted by Gasteiger charge is 2.55. The molecule has 6 N–H and O–H groups in total. The van der Waals surface area contributed by atoms with E-state index in [0.717, 1.165) is 34.6 Å². The van der Waals surface area contributed by atoms with Crippen molar-refractivity contribution in [1.82, 2.24) is 30.2 Å². The van der Waals surface area contributed by atoms with Crippen LogP contribution in [0.2, 0.25) is 0 Å². The number of anilines is 1. The predicted molar refractivity (Wildman–Crippen MR) is 183 cm³/mol. The molecule has 4 aromatic rings. The van der Waals surface area contributed by atoms with Crippen molar-refractivity contribution >= 4 is 74.4 Å². The number of hydrogen-bond donors (Lipinski definition) is 5. The summed E-state index contributed by atoms with van der Waals surface area (Å²) in [4.78, 5) is 65.6. The van der Waals surface area contributed by atoms with Crippen LogP contribution in [0.25, 0.3) is 10.9 Å². The first-order valence-electron chi connectivity index (χ1n) is 15.5. The molecule has 3 aliphatic rings. The third-order valence-electron chi connectivity index (χ3n) is 8.34. The number of thioether (sulfide) groups is 1. The lowest BCUT2D eigenvalue weighted by atomic mass is 10.0. The Kier molecular flexibility index (Phi) is 8.71. The van der Waals surface area contributed by atoms with Crippen LogP contribution in [0.5, 0.6) is 0 Å². The molecule has 3 aliphatic heterocycles. The monoisotopic (exact) mass is 735 g/mol. The van der Waals surface area contributed by atoms with E-state index in [-0.39, 0.29) is 34.5 Å². The fourth-order valence-corrected chi connectivity index (χ4v) is 7.58. The molecule has 7 rings (SSSR count). The standard InChI is InChI=1S/C31H30N10O8S2/c1-31(2,29(46)47)49-38-21(19-14-51-30(32)35-19)25(42)36-22-26(43)41-23(28(44)45)16(13-50-27(22)41)11-39-7-4-20-15(10-39)3-8-40(20)12-17-9-18(37-48-17)24-33-5-6-34-24/h3-4,7-10,14,22,27H,5-6,11-13H2,1-2H3,(H5-,32,33,34,35,36,42,44,45,46,47)/p+1/t22-,27-/m1/s1. The van der Waals surface area contributed by atoms with Crippen molar-refractivity contribution in [3.05, 3.63) is 70.6 Å². The number of nitrogens with two attached hydrogens (primary N) is 1. The number of carboxylic acids is 2. The molecule has 51 heavy (non-hydrogen) atoms. The molecule has 0 unspecified atom stereocenters. The van der Waals surface area contributed by atoms with Gasteiger partial charge < -0.3 is 40.5 Å². The van der Waals surface area contributed by atoms with Crippen LogP contribution in [0.4, 0.5) is 5.13 Å². The van der Waals surface area contributed by atoms with E-state index in [2.05, 4.69) is 30.9 Å². The fraction of sp³-hybridized carbons (Fsp3) is 0.323. The van der Waals surface area contributed by atoms with E-state index in [4.69, 9.17) is 15.1 Å². The maximum absolute atomic E-state index is 13.4. The van der Waals surface area contributed by atoms with Gasteiger partial charge in [0.1, 0.15) is 28.5 Å². The Balaban J connectivity index is 1.06. The molecule has 2 atom stereocenters. The first-order chi connectivity index (χ1) is 24.4. The van der Waals surface area contributed by atoms with Gasteiger partial charge in [0, 0.05) is 41.6 Å². The molecular weight excluding hydrogens is 705 g/mol. The number of carbonyl (C=O) groups excluding carboxylic acids is 2. The number of nitrogen functional groups attached to an aromatic ring is 1. The Morgan fingerprint density at radius 2 is 2.12 bits per heavy atom. The quantitative estimate of drug-likeness (QED) is 0.0573. The van der Waals surface area contributed by atoms with E-state index >= 15 is 0 Å². The SMILES string of the molecule is CC(C)(ON=C(C(=O)N[C@@H]1C(=O)N2C(C(=O)O)=C(C[n+]3ccc4c(ccn4Cc4cc(C5=NCCN5)no4)c3)CS[C@H]12)c1csc(N)n1)C(=O)O. The molecule has 0 radical (unpaired) electrons. The summed E-state index contributed by atoms with van der Waals surface area (Å²) < 4.78 is 9.40. The summed E-state index contributed by atoms with van der Waals surface area (Å²) in [6, 6.07) is 4.64. The maximum atomic E-state index is 13.4. The molecular formula is C31H31N10O8S2+. The van der Waals surface area contributed by atoms with E-state index in [1.807, 2.05) is 45.9 Å². The molecule has 0 bridgehead atoms. The van der Waals surface area contributed by atoms with Crippen molar-refractivity contribution in [2.45, 2.75) is 44.0 Å². The van der Waals surface area contributed by atoms with Gasteiger partial charge in [0.2, 0.25) is 5.60 Å². The van der Waals surface area contributed by atoms with Gasteiger partial charge in [-0.3, -0.25) is 19.5 Å². The number of pyridine rings is 1. The van der Waals surface area contributed by atoms with Gasteiger partial charge in [-0.1, -0.05) is 10.3 Å². The average Bonchev–Trinajstić information content (AvgIpc) is 3.92.